The van der Waals surface area contributed by atoms with Gasteiger partial charge in [0.2, 0.25) is 0 Å². The van der Waals surface area contributed by atoms with Crippen LogP contribution in [0.1, 0.15) is 45.6 Å². The molecule has 0 saturated carbocycles. The molecular weight excluding hydrogens is 280 g/mol. The summed E-state index contributed by atoms with van der Waals surface area (Å²) in [5.74, 6) is -1.22. The summed E-state index contributed by atoms with van der Waals surface area (Å²) in [6.07, 6.45) is 1.95. The first-order valence-corrected chi connectivity index (χ1v) is 7.78. The number of rotatable bonds is 8. The molecule has 4 nitrogen and oxygen atoms in total. The number of hydrogen-bond acceptors (Lipinski definition) is 4. The molecule has 120 valence electrons. The third kappa shape index (κ3) is 5.02. The zero-order chi connectivity index (χ0) is 16.4. The highest BCUT2D eigenvalue weighted by atomic mass is 16.6. The van der Waals surface area contributed by atoms with Gasteiger partial charge in [-0.25, -0.2) is 9.59 Å². The zero-order valence-corrected chi connectivity index (χ0v) is 13.6. The third-order valence-electron chi connectivity index (χ3n) is 3.06. The Hall–Kier alpha value is -2.10. The first-order chi connectivity index (χ1) is 10.7. The van der Waals surface area contributed by atoms with E-state index in [1.807, 2.05) is 51.1 Å². The van der Waals surface area contributed by atoms with Crippen LogP contribution < -0.4 is 0 Å². The predicted molar refractivity (Wildman–Crippen MR) is 86.2 cm³/mol. The Balaban J connectivity index is 3.22. The highest BCUT2D eigenvalue weighted by Crippen LogP contribution is 2.24. The molecule has 1 aromatic rings. The molecule has 0 radical (unpaired) electrons. The van der Waals surface area contributed by atoms with Gasteiger partial charge in [-0.1, -0.05) is 51.1 Å². The predicted octanol–water partition coefficient (Wildman–Crippen LogP) is 3.76. The number of allylic oxidation sites excluding steroid dienone is 1. The van der Waals surface area contributed by atoms with Crippen molar-refractivity contribution in [2.24, 2.45) is 0 Å². The number of hydrogen-bond donors (Lipinski definition) is 0. The minimum absolute atomic E-state index is 0.00981. The van der Waals surface area contributed by atoms with E-state index in [4.69, 9.17) is 9.47 Å². The first-order valence-electron chi connectivity index (χ1n) is 7.78. The molecule has 0 fully saturated rings. The van der Waals surface area contributed by atoms with Gasteiger partial charge in [0.15, 0.2) is 0 Å². The molecule has 22 heavy (non-hydrogen) atoms. The van der Waals surface area contributed by atoms with Crippen LogP contribution >= 0.6 is 0 Å². The van der Waals surface area contributed by atoms with E-state index < -0.39 is 11.9 Å². The molecule has 0 spiro atoms. The highest BCUT2D eigenvalue weighted by Gasteiger charge is 2.26. The van der Waals surface area contributed by atoms with Gasteiger partial charge in [0, 0.05) is 0 Å². The number of carbonyl (C=O) groups is 2. The van der Waals surface area contributed by atoms with E-state index in [0.29, 0.717) is 24.8 Å². The molecular formula is C18H24O4. The van der Waals surface area contributed by atoms with Gasteiger partial charge in [0.05, 0.1) is 13.2 Å². The SMILES string of the molecule is CCCOC(=O)C(C(=O)OCCC)=C(CC)c1ccccc1. The quantitative estimate of drug-likeness (QED) is 0.317. The van der Waals surface area contributed by atoms with Crippen LogP contribution in [0.25, 0.3) is 5.57 Å². The second-order valence-corrected chi connectivity index (χ2v) is 4.84. The molecule has 0 aromatic heterocycles. The molecule has 0 aliphatic heterocycles. The van der Waals surface area contributed by atoms with Crippen LogP contribution in [0.3, 0.4) is 0 Å². The standard InChI is InChI=1S/C18H24O4/c1-4-12-21-17(19)16(18(20)22-13-5-2)15(6-3)14-10-8-7-9-11-14/h7-11H,4-6,12-13H2,1-3H3. The monoisotopic (exact) mass is 304 g/mol. The molecule has 0 saturated heterocycles. The van der Waals surface area contributed by atoms with E-state index in [1.165, 1.54) is 0 Å². The van der Waals surface area contributed by atoms with Crippen molar-refractivity contribution in [3.05, 3.63) is 41.5 Å². The van der Waals surface area contributed by atoms with Crippen LogP contribution in [0.4, 0.5) is 0 Å². The molecule has 0 aliphatic carbocycles. The normalized spacial score (nSPS) is 9.95. The number of benzene rings is 1. The Labute approximate surface area is 132 Å². The summed E-state index contributed by atoms with van der Waals surface area (Å²) < 4.78 is 10.3. The summed E-state index contributed by atoms with van der Waals surface area (Å²) in [5.41, 5.74) is 1.50. The molecule has 4 heteroatoms. The van der Waals surface area contributed by atoms with Crippen LogP contribution in [0, 0.1) is 0 Å². The topological polar surface area (TPSA) is 52.6 Å². The maximum absolute atomic E-state index is 12.3. The first kappa shape index (κ1) is 18.0. The lowest BCUT2D eigenvalue weighted by atomic mass is 9.97. The number of carbonyl (C=O) groups excluding carboxylic acids is 2. The van der Waals surface area contributed by atoms with Gasteiger partial charge in [-0.3, -0.25) is 0 Å². The molecule has 0 amide bonds. The van der Waals surface area contributed by atoms with Crippen LogP contribution in [0.5, 0.6) is 0 Å². The van der Waals surface area contributed by atoms with Gasteiger partial charge < -0.3 is 9.47 Å². The van der Waals surface area contributed by atoms with Gasteiger partial charge in [0.25, 0.3) is 0 Å². The van der Waals surface area contributed by atoms with E-state index in [9.17, 15) is 9.59 Å². The lowest BCUT2D eigenvalue weighted by Gasteiger charge is -2.13. The highest BCUT2D eigenvalue weighted by molar-refractivity contribution is 6.20. The fourth-order valence-corrected chi connectivity index (χ4v) is 2.03. The fourth-order valence-electron chi connectivity index (χ4n) is 2.03. The average molecular weight is 304 g/mol. The van der Waals surface area contributed by atoms with Crippen molar-refractivity contribution in [1.29, 1.82) is 0 Å². The van der Waals surface area contributed by atoms with E-state index >= 15 is 0 Å². The maximum atomic E-state index is 12.3. The van der Waals surface area contributed by atoms with Crippen LogP contribution in [-0.2, 0) is 19.1 Å². The van der Waals surface area contributed by atoms with Crippen LogP contribution in [0.2, 0.25) is 0 Å². The maximum Gasteiger partial charge on any atom is 0.345 e. The van der Waals surface area contributed by atoms with E-state index in [-0.39, 0.29) is 18.8 Å². The second-order valence-electron chi connectivity index (χ2n) is 4.84. The summed E-state index contributed by atoms with van der Waals surface area (Å²) in [6.45, 7) is 6.29. The molecule has 0 bridgehead atoms. The molecule has 1 rings (SSSR count). The number of esters is 2. The molecule has 1 aromatic carbocycles. The van der Waals surface area contributed by atoms with Crippen molar-refractivity contribution in [1.82, 2.24) is 0 Å². The lowest BCUT2D eigenvalue weighted by molar-refractivity contribution is -0.147. The summed E-state index contributed by atoms with van der Waals surface area (Å²) in [5, 5.41) is 0. The van der Waals surface area contributed by atoms with Gasteiger partial charge >= 0.3 is 11.9 Å². The molecule has 0 N–H and O–H groups in total. The second kappa shape index (κ2) is 9.77. The largest absolute Gasteiger partial charge is 0.462 e. The molecule has 0 aliphatic rings. The summed E-state index contributed by atoms with van der Waals surface area (Å²) in [7, 11) is 0. The molecule has 0 unspecified atom stereocenters. The Kier molecular flexibility index (Phi) is 7.97. The Morgan fingerprint density at radius 2 is 1.36 bits per heavy atom. The average Bonchev–Trinajstić information content (AvgIpc) is 2.55. The Bertz CT molecular complexity index is 495. The zero-order valence-electron chi connectivity index (χ0n) is 13.6. The summed E-state index contributed by atoms with van der Waals surface area (Å²) in [6, 6.07) is 9.38. The minimum Gasteiger partial charge on any atom is -0.462 e. The molecule has 0 atom stereocenters. The van der Waals surface area contributed by atoms with Crippen molar-refractivity contribution >= 4 is 17.5 Å². The van der Waals surface area contributed by atoms with Crippen molar-refractivity contribution in [3.63, 3.8) is 0 Å². The fraction of sp³-hybridized carbons (Fsp3) is 0.444. The van der Waals surface area contributed by atoms with Crippen LogP contribution in [-0.4, -0.2) is 25.2 Å². The minimum atomic E-state index is -0.608. The van der Waals surface area contributed by atoms with Crippen LogP contribution in [0.15, 0.2) is 35.9 Å². The van der Waals surface area contributed by atoms with Crippen molar-refractivity contribution in [2.75, 3.05) is 13.2 Å². The lowest BCUT2D eigenvalue weighted by Crippen LogP contribution is -2.21. The smallest absolute Gasteiger partial charge is 0.345 e. The summed E-state index contributed by atoms with van der Waals surface area (Å²) >= 11 is 0. The summed E-state index contributed by atoms with van der Waals surface area (Å²) in [4.78, 5) is 24.6. The Morgan fingerprint density at radius 3 is 1.77 bits per heavy atom. The third-order valence-corrected chi connectivity index (χ3v) is 3.06. The van der Waals surface area contributed by atoms with E-state index in [0.717, 1.165) is 5.56 Å². The Morgan fingerprint density at radius 1 is 0.864 bits per heavy atom. The number of ether oxygens (including phenoxy) is 2. The van der Waals surface area contributed by atoms with Crippen molar-refractivity contribution in [3.8, 4) is 0 Å². The van der Waals surface area contributed by atoms with Gasteiger partial charge in [-0.2, -0.15) is 0 Å². The van der Waals surface area contributed by atoms with Crippen molar-refractivity contribution in [2.45, 2.75) is 40.0 Å². The van der Waals surface area contributed by atoms with E-state index in [2.05, 4.69) is 0 Å². The van der Waals surface area contributed by atoms with E-state index in [1.54, 1.807) is 0 Å². The molecule has 0 heterocycles. The van der Waals surface area contributed by atoms with Gasteiger partial charge in [0.1, 0.15) is 5.57 Å². The van der Waals surface area contributed by atoms with Crippen molar-refractivity contribution < 1.29 is 19.1 Å². The van der Waals surface area contributed by atoms with Gasteiger partial charge in [-0.15, -0.1) is 0 Å². The van der Waals surface area contributed by atoms with Gasteiger partial charge in [-0.05, 0) is 30.4 Å².